The molecule has 2 atom stereocenters. The van der Waals surface area contributed by atoms with E-state index in [4.69, 9.17) is 10.5 Å². The van der Waals surface area contributed by atoms with E-state index in [1.165, 1.54) is 0 Å². The van der Waals surface area contributed by atoms with Gasteiger partial charge in [-0.15, -0.1) is 0 Å². The van der Waals surface area contributed by atoms with Gasteiger partial charge in [0.05, 0.1) is 6.61 Å². The van der Waals surface area contributed by atoms with E-state index in [1.807, 2.05) is 44.2 Å². The smallest absolute Gasteiger partial charge is 0.214 e. The molecule has 0 fully saturated rings. The van der Waals surface area contributed by atoms with Crippen LogP contribution in [0, 0.1) is 0 Å². The fourth-order valence-electron chi connectivity index (χ4n) is 1.39. The molecule has 0 aliphatic carbocycles. The van der Waals surface area contributed by atoms with Gasteiger partial charge in [-0.05, 0) is 18.9 Å². The van der Waals surface area contributed by atoms with Crippen LogP contribution in [0.5, 0.6) is 0 Å². The number of nitrogens with two attached hydrogens (primary N) is 1. The Morgan fingerprint density at radius 1 is 1.41 bits per heavy atom. The molecule has 2 unspecified atom stereocenters. The summed E-state index contributed by atoms with van der Waals surface area (Å²) in [5.74, 6) is 0. The van der Waals surface area contributed by atoms with Gasteiger partial charge in [0.15, 0.2) is 0 Å². The van der Waals surface area contributed by atoms with Gasteiger partial charge >= 0.3 is 0 Å². The lowest BCUT2D eigenvalue weighted by molar-refractivity contribution is -0.142. The summed E-state index contributed by atoms with van der Waals surface area (Å²) in [6.07, 6.45) is -0.168. The van der Waals surface area contributed by atoms with Crippen molar-refractivity contribution < 1.29 is 9.84 Å². The van der Waals surface area contributed by atoms with Gasteiger partial charge in [0.25, 0.3) is 0 Å². The van der Waals surface area contributed by atoms with Crippen molar-refractivity contribution in [2.24, 2.45) is 5.73 Å². The van der Waals surface area contributed by atoms with Crippen molar-refractivity contribution in [2.45, 2.75) is 38.8 Å². The number of aliphatic hydroxyl groups excluding tert-OH is 1. The summed E-state index contributed by atoms with van der Waals surface area (Å²) in [5.41, 5.74) is 6.38. The SMILES string of the molecule is CCC(C)(CN)NC(O)OCc1ccccc1. The summed E-state index contributed by atoms with van der Waals surface area (Å²) >= 11 is 0. The van der Waals surface area contributed by atoms with Crippen LogP contribution in [-0.4, -0.2) is 23.6 Å². The van der Waals surface area contributed by atoms with Gasteiger partial charge in [0, 0.05) is 12.1 Å². The summed E-state index contributed by atoms with van der Waals surface area (Å²) in [7, 11) is 0. The first-order chi connectivity index (χ1) is 8.09. The van der Waals surface area contributed by atoms with Crippen molar-refractivity contribution in [3.8, 4) is 0 Å². The van der Waals surface area contributed by atoms with Gasteiger partial charge in [0.1, 0.15) is 0 Å². The lowest BCUT2D eigenvalue weighted by Crippen LogP contribution is -2.53. The van der Waals surface area contributed by atoms with Gasteiger partial charge in [-0.2, -0.15) is 0 Å². The Hall–Kier alpha value is -0.940. The van der Waals surface area contributed by atoms with E-state index < -0.39 is 6.41 Å². The highest BCUT2D eigenvalue weighted by Gasteiger charge is 2.22. The molecular weight excluding hydrogens is 216 g/mol. The van der Waals surface area contributed by atoms with Crippen molar-refractivity contribution in [3.05, 3.63) is 35.9 Å². The summed E-state index contributed by atoms with van der Waals surface area (Å²) in [5, 5.41) is 12.7. The highest BCUT2D eigenvalue weighted by molar-refractivity contribution is 5.13. The standard InChI is InChI=1S/C13H22N2O2/c1-3-13(2,10-14)15-12(16)17-9-11-7-5-4-6-8-11/h4-8,12,15-16H,3,9-10,14H2,1-2H3. The summed E-state index contributed by atoms with van der Waals surface area (Å²) in [6.45, 7) is 4.81. The molecule has 0 spiro atoms. The molecule has 0 bridgehead atoms. The second-order valence-electron chi connectivity index (χ2n) is 4.41. The van der Waals surface area contributed by atoms with E-state index in [0.29, 0.717) is 13.2 Å². The monoisotopic (exact) mass is 238 g/mol. The van der Waals surface area contributed by atoms with Crippen molar-refractivity contribution in [3.63, 3.8) is 0 Å². The molecule has 96 valence electrons. The minimum absolute atomic E-state index is 0.296. The summed E-state index contributed by atoms with van der Waals surface area (Å²) in [4.78, 5) is 0. The molecule has 0 radical (unpaired) electrons. The molecule has 0 aromatic heterocycles. The summed E-state index contributed by atoms with van der Waals surface area (Å²) < 4.78 is 5.32. The fraction of sp³-hybridized carbons (Fsp3) is 0.538. The van der Waals surface area contributed by atoms with Gasteiger partial charge in [-0.25, -0.2) is 0 Å². The first-order valence-electron chi connectivity index (χ1n) is 5.91. The van der Waals surface area contributed by atoms with Crippen LogP contribution in [-0.2, 0) is 11.3 Å². The maximum atomic E-state index is 9.72. The van der Waals surface area contributed by atoms with Crippen molar-refractivity contribution in [1.29, 1.82) is 0 Å². The molecule has 1 aromatic rings. The van der Waals surface area contributed by atoms with E-state index >= 15 is 0 Å². The molecule has 0 aliphatic rings. The lowest BCUT2D eigenvalue weighted by Gasteiger charge is -2.30. The zero-order chi connectivity index (χ0) is 12.7. The lowest BCUT2D eigenvalue weighted by atomic mass is 10.00. The second-order valence-corrected chi connectivity index (χ2v) is 4.41. The maximum absolute atomic E-state index is 9.72. The first kappa shape index (κ1) is 14.1. The average Bonchev–Trinajstić information content (AvgIpc) is 2.37. The number of hydrogen-bond acceptors (Lipinski definition) is 4. The number of rotatable bonds is 7. The Labute approximate surface area is 103 Å². The molecule has 4 N–H and O–H groups in total. The normalized spacial score (nSPS) is 16.5. The van der Waals surface area contributed by atoms with Crippen molar-refractivity contribution in [2.75, 3.05) is 6.54 Å². The molecule has 0 aliphatic heterocycles. The van der Waals surface area contributed by atoms with Crippen LogP contribution in [0.1, 0.15) is 25.8 Å². The molecule has 4 heteroatoms. The van der Waals surface area contributed by atoms with E-state index in [9.17, 15) is 5.11 Å². The number of aliphatic hydroxyl groups is 1. The highest BCUT2D eigenvalue weighted by Crippen LogP contribution is 2.09. The van der Waals surface area contributed by atoms with Crippen LogP contribution in [0.4, 0.5) is 0 Å². The molecule has 1 rings (SSSR count). The van der Waals surface area contributed by atoms with Gasteiger partial charge in [-0.3, -0.25) is 5.32 Å². The van der Waals surface area contributed by atoms with E-state index in [0.717, 1.165) is 12.0 Å². The molecule has 0 saturated heterocycles. The zero-order valence-electron chi connectivity index (χ0n) is 10.5. The van der Waals surface area contributed by atoms with E-state index in [1.54, 1.807) is 0 Å². The predicted octanol–water partition coefficient (Wildman–Crippen LogP) is 1.20. The van der Waals surface area contributed by atoms with Crippen LogP contribution in [0.3, 0.4) is 0 Å². The topological polar surface area (TPSA) is 67.5 Å². The Kier molecular flexibility index (Phi) is 5.58. The molecule has 17 heavy (non-hydrogen) atoms. The van der Waals surface area contributed by atoms with Crippen LogP contribution in [0.25, 0.3) is 0 Å². The summed E-state index contributed by atoms with van der Waals surface area (Å²) in [6, 6.07) is 9.73. The van der Waals surface area contributed by atoms with Crippen LogP contribution >= 0.6 is 0 Å². The Morgan fingerprint density at radius 2 is 2.06 bits per heavy atom. The second kappa shape index (κ2) is 6.71. The first-order valence-corrected chi connectivity index (χ1v) is 5.91. The molecule has 0 saturated carbocycles. The van der Waals surface area contributed by atoms with Gasteiger partial charge < -0.3 is 15.6 Å². The Balaban J connectivity index is 2.37. The van der Waals surface area contributed by atoms with Crippen LogP contribution in [0.2, 0.25) is 0 Å². The molecule has 0 amide bonds. The maximum Gasteiger partial charge on any atom is 0.214 e. The van der Waals surface area contributed by atoms with E-state index in [2.05, 4.69) is 5.32 Å². The van der Waals surface area contributed by atoms with Gasteiger partial charge in [-0.1, -0.05) is 37.3 Å². The number of nitrogens with one attached hydrogen (secondary N) is 1. The number of benzene rings is 1. The fourth-order valence-corrected chi connectivity index (χ4v) is 1.39. The molecular formula is C13H22N2O2. The minimum atomic E-state index is -0.997. The Morgan fingerprint density at radius 3 is 2.59 bits per heavy atom. The predicted molar refractivity (Wildman–Crippen MR) is 68.1 cm³/mol. The minimum Gasteiger partial charge on any atom is -0.356 e. The third-order valence-corrected chi connectivity index (χ3v) is 2.95. The third-order valence-electron chi connectivity index (χ3n) is 2.95. The molecule has 1 aromatic carbocycles. The average molecular weight is 238 g/mol. The van der Waals surface area contributed by atoms with Crippen molar-refractivity contribution in [1.82, 2.24) is 5.32 Å². The van der Waals surface area contributed by atoms with Crippen LogP contribution in [0.15, 0.2) is 30.3 Å². The van der Waals surface area contributed by atoms with E-state index in [-0.39, 0.29) is 5.54 Å². The van der Waals surface area contributed by atoms with Crippen LogP contribution < -0.4 is 11.1 Å². The Bertz CT molecular complexity index is 312. The van der Waals surface area contributed by atoms with Crippen molar-refractivity contribution >= 4 is 0 Å². The number of hydrogen-bond donors (Lipinski definition) is 3. The largest absolute Gasteiger partial charge is 0.356 e. The van der Waals surface area contributed by atoms with Gasteiger partial charge in [0.2, 0.25) is 6.41 Å². The number of ether oxygens (including phenoxy) is 1. The molecule has 0 heterocycles. The highest BCUT2D eigenvalue weighted by atomic mass is 16.6. The third kappa shape index (κ3) is 4.83. The quantitative estimate of drug-likeness (QED) is 0.624. The zero-order valence-corrected chi connectivity index (χ0v) is 10.5. The molecule has 4 nitrogen and oxygen atoms in total.